The van der Waals surface area contributed by atoms with Crippen LogP contribution in [0.3, 0.4) is 0 Å². The number of piperidine rings is 1. The zero-order valence-electron chi connectivity index (χ0n) is 16.1. The fourth-order valence-corrected chi connectivity index (χ4v) is 3.35. The summed E-state index contributed by atoms with van der Waals surface area (Å²) < 4.78 is 0. The molecule has 1 heterocycles. The van der Waals surface area contributed by atoms with Crippen LogP contribution >= 0.6 is 0 Å². The summed E-state index contributed by atoms with van der Waals surface area (Å²) >= 11 is 0. The number of likely N-dealkylation sites (tertiary alicyclic amines) is 1. The molecule has 1 amide bonds. The molecule has 2 N–H and O–H groups in total. The van der Waals surface area contributed by atoms with Gasteiger partial charge in [0.05, 0.1) is 12.6 Å². The maximum Gasteiger partial charge on any atom is 0.238 e. The van der Waals surface area contributed by atoms with Crippen LogP contribution in [-0.2, 0) is 4.79 Å². The van der Waals surface area contributed by atoms with Crippen LogP contribution in [0.5, 0.6) is 0 Å². The van der Waals surface area contributed by atoms with Gasteiger partial charge in [-0.2, -0.15) is 0 Å². The number of nitrogens with zero attached hydrogens (tertiary/aromatic N) is 2. The number of amides is 1. The standard InChI is InChI=1S/C20H33N3O2/c1-15-8-10-23(11-9-15)13-18(24)12-22(4)14-20(25)21-19-7-5-6-16(2)17(19)3/h5-7,15,18,24H,8-14H2,1-4H3,(H,21,25). The number of nitrogens with one attached hydrogen (secondary N) is 1. The van der Waals surface area contributed by atoms with Crippen molar-refractivity contribution in [3.63, 3.8) is 0 Å². The summed E-state index contributed by atoms with van der Waals surface area (Å²) in [6, 6.07) is 5.91. The van der Waals surface area contributed by atoms with Crippen molar-refractivity contribution >= 4 is 11.6 Å². The van der Waals surface area contributed by atoms with E-state index in [0.29, 0.717) is 13.1 Å². The van der Waals surface area contributed by atoms with Gasteiger partial charge in [0.1, 0.15) is 0 Å². The van der Waals surface area contributed by atoms with Crippen molar-refractivity contribution in [3.8, 4) is 0 Å². The van der Waals surface area contributed by atoms with Gasteiger partial charge in [0.15, 0.2) is 0 Å². The van der Waals surface area contributed by atoms with Gasteiger partial charge in [-0.1, -0.05) is 19.1 Å². The second-order valence-electron chi connectivity index (χ2n) is 7.63. The quantitative estimate of drug-likeness (QED) is 0.794. The Kier molecular flexibility index (Phi) is 7.41. The molecule has 0 radical (unpaired) electrons. The van der Waals surface area contributed by atoms with E-state index in [2.05, 4.69) is 17.1 Å². The summed E-state index contributed by atoms with van der Waals surface area (Å²) in [5, 5.41) is 13.3. The number of carbonyl (C=O) groups excluding carboxylic acids is 1. The fraction of sp³-hybridized carbons (Fsp3) is 0.650. The lowest BCUT2D eigenvalue weighted by Gasteiger charge is -2.32. The monoisotopic (exact) mass is 347 g/mol. The second kappa shape index (κ2) is 9.32. The molecule has 25 heavy (non-hydrogen) atoms. The first kappa shape index (κ1) is 19.9. The first-order valence-electron chi connectivity index (χ1n) is 9.30. The lowest BCUT2D eigenvalue weighted by Crippen LogP contribution is -2.43. The van der Waals surface area contributed by atoms with E-state index in [-0.39, 0.29) is 12.5 Å². The molecule has 2 rings (SSSR count). The van der Waals surface area contributed by atoms with Crippen molar-refractivity contribution in [3.05, 3.63) is 29.3 Å². The van der Waals surface area contributed by atoms with E-state index in [1.165, 1.54) is 12.8 Å². The Morgan fingerprint density at radius 2 is 2.04 bits per heavy atom. The molecule has 0 saturated carbocycles. The Hall–Kier alpha value is -1.43. The lowest BCUT2D eigenvalue weighted by molar-refractivity contribution is -0.117. The van der Waals surface area contributed by atoms with E-state index in [0.717, 1.165) is 35.8 Å². The van der Waals surface area contributed by atoms with Gasteiger partial charge in [0.2, 0.25) is 5.91 Å². The molecule has 0 spiro atoms. The summed E-state index contributed by atoms with van der Waals surface area (Å²) in [4.78, 5) is 16.5. The van der Waals surface area contributed by atoms with Crippen molar-refractivity contribution in [2.75, 3.05) is 45.1 Å². The van der Waals surface area contributed by atoms with Gasteiger partial charge in [-0.05, 0) is 69.9 Å². The number of benzene rings is 1. The Balaban J connectivity index is 1.74. The summed E-state index contributed by atoms with van der Waals surface area (Å²) in [7, 11) is 1.88. The molecule has 140 valence electrons. The van der Waals surface area contributed by atoms with E-state index >= 15 is 0 Å². The molecule has 0 bridgehead atoms. The highest BCUT2D eigenvalue weighted by Gasteiger charge is 2.19. The zero-order valence-corrected chi connectivity index (χ0v) is 16.1. The molecule has 1 atom stereocenters. The molecule has 1 saturated heterocycles. The third kappa shape index (κ3) is 6.42. The normalized spacial score (nSPS) is 17.7. The van der Waals surface area contributed by atoms with Crippen LogP contribution in [-0.4, -0.2) is 66.7 Å². The Labute approximate surface area is 152 Å². The maximum atomic E-state index is 12.2. The van der Waals surface area contributed by atoms with Crippen LogP contribution in [0.25, 0.3) is 0 Å². The van der Waals surface area contributed by atoms with Crippen molar-refractivity contribution < 1.29 is 9.90 Å². The molecule has 1 aliphatic heterocycles. The second-order valence-corrected chi connectivity index (χ2v) is 7.63. The van der Waals surface area contributed by atoms with Crippen LogP contribution in [0.2, 0.25) is 0 Å². The highest BCUT2D eigenvalue weighted by atomic mass is 16.3. The zero-order chi connectivity index (χ0) is 18.4. The summed E-state index contributed by atoms with van der Waals surface area (Å²) in [6.45, 7) is 9.94. The maximum absolute atomic E-state index is 12.2. The summed E-state index contributed by atoms with van der Waals surface area (Å²) in [5.41, 5.74) is 3.12. The van der Waals surface area contributed by atoms with Crippen molar-refractivity contribution in [2.24, 2.45) is 5.92 Å². The van der Waals surface area contributed by atoms with E-state index in [9.17, 15) is 9.90 Å². The predicted octanol–water partition coefficient (Wildman–Crippen LogP) is 2.27. The number of β-amino-alcohol motifs (C(OH)–C–C–N with tert-alkyl or cyclic N) is 1. The SMILES string of the molecule is Cc1cccc(NC(=O)CN(C)CC(O)CN2CCC(C)CC2)c1C. The van der Waals surface area contributed by atoms with Crippen LogP contribution in [0.1, 0.15) is 30.9 Å². The number of hydrogen-bond donors (Lipinski definition) is 2. The van der Waals surface area contributed by atoms with Crippen LogP contribution in [0, 0.1) is 19.8 Å². The first-order valence-corrected chi connectivity index (χ1v) is 9.30. The van der Waals surface area contributed by atoms with Gasteiger partial charge < -0.3 is 15.3 Å². The van der Waals surface area contributed by atoms with E-state index in [4.69, 9.17) is 0 Å². The van der Waals surface area contributed by atoms with Crippen molar-refractivity contribution in [1.82, 2.24) is 9.80 Å². The average molecular weight is 348 g/mol. The minimum atomic E-state index is -0.424. The molecule has 5 nitrogen and oxygen atoms in total. The van der Waals surface area contributed by atoms with E-state index in [1.807, 2.05) is 44.0 Å². The molecule has 5 heteroatoms. The minimum absolute atomic E-state index is 0.0461. The van der Waals surface area contributed by atoms with Gasteiger partial charge >= 0.3 is 0 Å². The molecular weight excluding hydrogens is 314 g/mol. The number of anilines is 1. The summed E-state index contributed by atoms with van der Waals surface area (Å²) in [5.74, 6) is 0.750. The predicted molar refractivity (Wildman–Crippen MR) is 103 cm³/mol. The number of aliphatic hydroxyl groups excluding tert-OH is 1. The average Bonchev–Trinajstić information content (AvgIpc) is 2.53. The topological polar surface area (TPSA) is 55.8 Å². The van der Waals surface area contributed by atoms with Crippen molar-refractivity contribution in [2.45, 2.75) is 39.7 Å². The van der Waals surface area contributed by atoms with Gasteiger partial charge in [0, 0.05) is 18.8 Å². The molecule has 1 aromatic rings. The molecule has 0 aliphatic carbocycles. The van der Waals surface area contributed by atoms with Gasteiger partial charge in [-0.25, -0.2) is 0 Å². The lowest BCUT2D eigenvalue weighted by atomic mass is 9.99. The largest absolute Gasteiger partial charge is 0.390 e. The molecule has 1 fully saturated rings. The Bertz CT molecular complexity index is 568. The molecular formula is C20H33N3O2. The van der Waals surface area contributed by atoms with Gasteiger partial charge in [-0.3, -0.25) is 9.69 Å². The Morgan fingerprint density at radius 1 is 1.36 bits per heavy atom. The Morgan fingerprint density at radius 3 is 2.72 bits per heavy atom. The van der Waals surface area contributed by atoms with Crippen molar-refractivity contribution in [1.29, 1.82) is 0 Å². The third-order valence-corrected chi connectivity index (χ3v) is 5.16. The highest BCUT2D eigenvalue weighted by molar-refractivity contribution is 5.93. The number of aryl methyl sites for hydroxylation is 1. The van der Waals surface area contributed by atoms with E-state index in [1.54, 1.807) is 0 Å². The number of hydrogen-bond acceptors (Lipinski definition) is 4. The van der Waals surface area contributed by atoms with Crippen LogP contribution in [0.15, 0.2) is 18.2 Å². The third-order valence-electron chi connectivity index (χ3n) is 5.16. The molecule has 1 aliphatic rings. The van der Waals surface area contributed by atoms with Gasteiger partial charge in [0.25, 0.3) is 0 Å². The molecule has 0 aromatic heterocycles. The highest BCUT2D eigenvalue weighted by Crippen LogP contribution is 2.18. The minimum Gasteiger partial charge on any atom is -0.390 e. The molecule has 1 aromatic carbocycles. The van der Waals surface area contributed by atoms with E-state index < -0.39 is 6.10 Å². The number of likely N-dealkylation sites (N-methyl/N-ethyl adjacent to an activating group) is 1. The first-order chi connectivity index (χ1) is 11.8. The summed E-state index contributed by atoms with van der Waals surface area (Å²) in [6.07, 6.45) is 1.99. The fourth-order valence-electron chi connectivity index (χ4n) is 3.35. The smallest absolute Gasteiger partial charge is 0.238 e. The van der Waals surface area contributed by atoms with Crippen LogP contribution < -0.4 is 5.32 Å². The molecule has 1 unspecified atom stereocenters. The van der Waals surface area contributed by atoms with Gasteiger partial charge in [-0.15, -0.1) is 0 Å². The number of aliphatic hydroxyl groups is 1. The number of rotatable bonds is 7. The number of carbonyl (C=O) groups is 1. The van der Waals surface area contributed by atoms with Crippen LogP contribution in [0.4, 0.5) is 5.69 Å².